The van der Waals surface area contributed by atoms with Crippen molar-refractivity contribution in [3.8, 4) is 11.8 Å². The standard InChI is InChI=1S/C23H30N6O/c1-16(17-5-7-18(30-2)8-6-17)27-20-4-3-9-23(20)10-12-29(13-11-23)22-19(14-24)26-15-21(25)28-22/h5-8,15-16,20,27H,3-4,9-13H2,1-2H3,(H2,25,28)/t16-,20-/m1/s1. The second-order valence-electron chi connectivity index (χ2n) is 8.53. The van der Waals surface area contributed by atoms with E-state index in [1.807, 2.05) is 12.1 Å². The largest absolute Gasteiger partial charge is 0.497 e. The van der Waals surface area contributed by atoms with Crippen molar-refractivity contribution in [1.82, 2.24) is 15.3 Å². The first-order valence-corrected chi connectivity index (χ1v) is 10.7. The van der Waals surface area contributed by atoms with E-state index in [1.54, 1.807) is 7.11 Å². The molecular formula is C23H30N6O. The highest BCUT2D eigenvalue weighted by atomic mass is 16.5. The van der Waals surface area contributed by atoms with Crippen LogP contribution < -0.4 is 20.7 Å². The Morgan fingerprint density at radius 3 is 2.67 bits per heavy atom. The van der Waals surface area contributed by atoms with E-state index in [-0.39, 0.29) is 0 Å². The van der Waals surface area contributed by atoms with Crippen LogP contribution in [-0.2, 0) is 0 Å². The lowest BCUT2D eigenvalue weighted by atomic mass is 9.73. The van der Waals surface area contributed by atoms with Crippen molar-refractivity contribution in [3.05, 3.63) is 41.7 Å². The van der Waals surface area contributed by atoms with Gasteiger partial charge in [-0.3, -0.25) is 0 Å². The van der Waals surface area contributed by atoms with Gasteiger partial charge in [0.2, 0.25) is 0 Å². The molecule has 1 saturated heterocycles. The molecule has 1 aromatic heterocycles. The second kappa shape index (κ2) is 8.49. The second-order valence-corrected chi connectivity index (χ2v) is 8.53. The Bertz CT molecular complexity index is 914. The molecule has 30 heavy (non-hydrogen) atoms. The van der Waals surface area contributed by atoms with Crippen LogP contribution in [0.25, 0.3) is 0 Å². The number of nitrogens with two attached hydrogens (primary N) is 1. The molecule has 7 nitrogen and oxygen atoms in total. The van der Waals surface area contributed by atoms with Crippen molar-refractivity contribution in [1.29, 1.82) is 5.26 Å². The fourth-order valence-electron chi connectivity index (χ4n) is 5.14. The van der Waals surface area contributed by atoms with Crippen molar-refractivity contribution >= 4 is 11.6 Å². The molecule has 4 rings (SSSR count). The summed E-state index contributed by atoms with van der Waals surface area (Å²) in [5, 5.41) is 13.3. The summed E-state index contributed by atoms with van der Waals surface area (Å²) in [5.41, 5.74) is 7.77. The van der Waals surface area contributed by atoms with Gasteiger partial charge >= 0.3 is 0 Å². The van der Waals surface area contributed by atoms with Crippen molar-refractivity contribution in [3.63, 3.8) is 0 Å². The Morgan fingerprint density at radius 2 is 2.00 bits per heavy atom. The molecule has 2 atom stereocenters. The third-order valence-corrected chi connectivity index (χ3v) is 6.91. The molecule has 2 heterocycles. The van der Waals surface area contributed by atoms with Crippen LogP contribution in [0.3, 0.4) is 0 Å². The minimum absolute atomic E-state index is 0.291. The maximum atomic E-state index is 9.39. The average molecular weight is 407 g/mol. The average Bonchev–Trinajstić information content (AvgIpc) is 3.15. The lowest BCUT2D eigenvalue weighted by Crippen LogP contribution is -2.49. The Balaban J connectivity index is 1.44. The lowest BCUT2D eigenvalue weighted by Gasteiger charge is -2.44. The molecule has 3 N–H and O–H groups in total. The van der Waals surface area contributed by atoms with Gasteiger partial charge in [0, 0.05) is 25.2 Å². The lowest BCUT2D eigenvalue weighted by molar-refractivity contribution is 0.163. The molecule has 1 spiro atoms. The smallest absolute Gasteiger partial charge is 0.183 e. The minimum Gasteiger partial charge on any atom is -0.497 e. The number of hydrogen-bond donors (Lipinski definition) is 2. The van der Waals surface area contributed by atoms with Gasteiger partial charge in [0.25, 0.3) is 0 Å². The van der Waals surface area contributed by atoms with Gasteiger partial charge in [0.1, 0.15) is 17.6 Å². The molecule has 2 aliphatic rings. The molecule has 2 fully saturated rings. The topological polar surface area (TPSA) is 100 Å². The number of nitrogen functional groups attached to an aromatic ring is 1. The van der Waals surface area contributed by atoms with Crippen molar-refractivity contribution in [2.24, 2.45) is 5.41 Å². The summed E-state index contributed by atoms with van der Waals surface area (Å²) in [5.74, 6) is 1.87. The molecule has 0 amide bonds. The zero-order valence-corrected chi connectivity index (χ0v) is 17.8. The fourth-order valence-corrected chi connectivity index (χ4v) is 5.14. The van der Waals surface area contributed by atoms with Gasteiger partial charge in [-0.15, -0.1) is 0 Å². The zero-order chi connectivity index (χ0) is 21.1. The van der Waals surface area contributed by atoms with Gasteiger partial charge in [-0.1, -0.05) is 18.6 Å². The summed E-state index contributed by atoms with van der Waals surface area (Å²) >= 11 is 0. The van der Waals surface area contributed by atoms with E-state index in [2.05, 4.69) is 45.3 Å². The van der Waals surface area contributed by atoms with Gasteiger partial charge in [-0.2, -0.15) is 5.26 Å². The van der Waals surface area contributed by atoms with Crippen LogP contribution in [0.15, 0.2) is 30.5 Å². The summed E-state index contributed by atoms with van der Waals surface area (Å²) < 4.78 is 5.28. The molecule has 7 heteroatoms. The Labute approximate surface area is 178 Å². The van der Waals surface area contributed by atoms with E-state index in [0.717, 1.165) is 31.7 Å². The van der Waals surface area contributed by atoms with Crippen LogP contribution in [0.2, 0.25) is 0 Å². The monoisotopic (exact) mass is 406 g/mol. The first-order valence-electron chi connectivity index (χ1n) is 10.7. The molecular weight excluding hydrogens is 376 g/mol. The van der Waals surface area contributed by atoms with E-state index in [9.17, 15) is 5.26 Å². The fraction of sp³-hybridized carbons (Fsp3) is 0.522. The Morgan fingerprint density at radius 1 is 1.27 bits per heavy atom. The molecule has 1 aliphatic carbocycles. The molecule has 2 aromatic rings. The van der Waals surface area contributed by atoms with Crippen LogP contribution in [0.1, 0.15) is 56.3 Å². The number of aromatic nitrogens is 2. The van der Waals surface area contributed by atoms with Crippen molar-refractivity contribution < 1.29 is 4.74 Å². The van der Waals surface area contributed by atoms with E-state index in [0.29, 0.717) is 34.8 Å². The number of nitrogens with one attached hydrogen (secondary N) is 1. The maximum absolute atomic E-state index is 9.39. The third-order valence-electron chi connectivity index (χ3n) is 6.91. The Hall–Kier alpha value is -2.85. The predicted molar refractivity (Wildman–Crippen MR) is 117 cm³/mol. The number of anilines is 2. The molecule has 1 saturated carbocycles. The SMILES string of the molecule is COc1ccc([C@@H](C)N[C@@H]2CCCC23CCN(c2nc(N)cnc2C#N)CC3)cc1. The highest BCUT2D eigenvalue weighted by molar-refractivity contribution is 5.53. The molecule has 0 radical (unpaired) electrons. The van der Waals surface area contributed by atoms with Gasteiger partial charge in [0.15, 0.2) is 11.5 Å². The number of ether oxygens (including phenoxy) is 1. The minimum atomic E-state index is 0.291. The van der Waals surface area contributed by atoms with Crippen LogP contribution in [0.4, 0.5) is 11.6 Å². The summed E-state index contributed by atoms with van der Waals surface area (Å²) in [4.78, 5) is 10.7. The third kappa shape index (κ3) is 3.92. The van der Waals surface area contributed by atoms with Crippen molar-refractivity contribution in [2.45, 2.75) is 51.1 Å². The summed E-state index contributed by atoms with van der Waals surface area (Å²) in [6.07, 6.45) is 7.34. The number of hydrogen-bond acceptors (Lipinski definition) is 7. The van der Waals surface area contributed by atoms with E-state index < -0.39 is 0 Å². The number of benzene rings is 1. The maximum Gasteiger partial charge on any atom is 0.183 e. The summed E-state index contributed by atoms with van der Waals surface area (Å²) in [7, 11) is 1.69. The van der Waals surface area contributed by atoms with Crippen molar-refractivity contribution in [2.75, 3.05) is 30.8 Å². The number of piperidine rings is 1. The molecule has 0 unspecified atom stereocenters. The highest BCUT2D eigenvalue weighted by Crippen LogP contribution is 2.47. The normalized spacial score (nSPS) is 21.4. The quantitative estimate of drug-likeness (QED) is 0.784. The van der Waals surface area contributed by atoms with Gasteiger partial charge < -0.3 is 20.7 Å². The first kappa shape index (κ1) is 20.4. The van der Waals surface area contributed by atoms with E-state index >= 15 is 0 Å². The zero-order valence-electron chi connectivity index (χ0n) is 17.8. The predicted octanol–water partition coefficient (Wildman–Crippen LogP) is 3.43. The van der Waals surface area contributed by atoms with E-state index in [1.165, 1.54) is 31.0 Å². The number of nitriles is 1. The van der Waals surface area contributed by atoms with Crippen LogP contribution >= 0.6 is 0 Å². The van der Waals surface area contributed by atoms with Crippen LogP contribution in [0, 0.1) is 16.7 Å². The summed E-state index contributed by atoms with van der Waals surface area (Å²) in [6.45, 7) is 3.99. The van der Waals surface area contributed by atoms with E-state index in [4.69, 9.17) is 10.5 Å². The number of methoxy groups -OCH3 is 1. The molecule has 0 bridgehead atoms. The van der Waals surface area contributed by atoms with Gasteiger partial charge in [-0.05, 0) is 55.7 Å². The molecule has 158 valence electrons. The van der Waals surface area contributed by atoms with Gasteiger partial charge in [0.05, 0.1) is 13.3 Å². The Kier molecular flexibility index (Phi) is 5.78. The number of rotatable bonds is 5. The summed E-state index contributed by atoms with van der Waals surface area (Å²) in [6, 6.07) is 11.3. The molecule has 1 aliphatic heterocycles. The first-order chi connectivity index (χ1) is 14.5. The van der Waals surface area contributed by atoms with Crippen LogP contribution in [0.5, 0.6) is 5.75 Å². The van der Waals surface area contributed by atoms with Crippen LogP contribution in [-0.4, -0.2) is 36.2 Å². The van der Waals surface area contributed by atoms with Gasteiger partial charge in [-0.25, -0.2) is 9.97 Å². The number of nitrogens with zero attached hydrogens (tertiary/aromatic N) is 4. The highest BCUT2D eigenvalue weighted by Gasteiger charge is 2.45. The molecule has 1 aromatic carbocycles.